The molecule has 0 spiro atoms. The molecule has 0 aliphatic rings. The minimum absolute atomic E-state index is 0.251. The second kappa shape index (κ2) is 6.33. The smallest absolute Gasteiger partial charge is 0.0682 e. The van der Waals surface area contributed by atoms with Gasteiger partial charge in [0.05, 0.1) is 6.04 Å². The summed E-state index contributed by atoms with van der Waals surface area (Å²) in [6, 6.07) is 10.9. The molecule has 0 radical (unpaired) electrons. The van der Waals surface area contributed by atoms with Gasteiger partial charge in [-0.3, -0.25) is 0 Å². The minimum atomic E-state index is 0.251. The fourth-order valence-electron chi connectivity index (χ4n) is 1.91. The Hall–Kier alpha value is -0.160. The molecule has 0 aliphatic carbocycles. The first-order valence-corrected chi connectivity index (χ1v) is 8.26. The summed E-state index contributed by atoms with van der Waals surface area (Å²) in [5.74, 6) is 0. The third-order valence-electron chi connectivity index (χ3n) is 2.72. The fraction of sp³-hybridized carbons (Fsp3) is 0.286. The lowest BCUT2D eigenvalue weighted by Gasteiger charge is -2.19. The van der Waals surface area contributed by atoms with Gasteiger partial charge in [0, 0.05) is 18.7 Å². The maximum absolute atomic E-state index is 3.65. The second-order valence-electron chi connectivity index (χ2n) is 4.10. The molecule has 4 heteroatoms. The zero-order chi connectivity index (χ0) is 13.1. The lowest BCUT2D eigenvalue weighted by atomic mass is 10.1. The summed E-state index contributed by atoms with van der Waals surface area (Å²) < 4.78 is 2.25. The van der Waals surface area contributed by atoms with Crippen molar-refractivity contribution >= 4 is 43.2 Å². The van der Waals surface area contributed by atoms with E-state index in [1.807, 2.05) is 11.3 Å². The third kappa shape index (κ3) is 3.23. The highest BCUT2D eigenvalue weighted by Gasteiger charge is 2.17. The van der Waals surface area contributed by atoms with Crippen molar-refractivity contribution in [3.8, 4) is 0 Å². The molecular formula is C14H15Br2NS. The van der Waals surface area contributed by atoms with Crippen molar-refractivity contribution in [1.29, 1.82) is 0 Å². The summed E-state index contributed by atoms with van der Waals surface area (Å²) >= 11 is 9.04. The van der Waals surface area contributed by atoms with Crippen LogP contribution in [0.5, 0.6) is 0 Å². The number of halogens is 2. The highest BCUT2D eigenvalue weighted by atomic mass is 79.9. The first-order chi connectivity index (χ1) is 8.61. The summed E-state index contributed by atoms with van der Waals surface area (Å²) in [4.78, 5) is 2.70. The van der Waals surface area contributed by atoms with E-state index in [0.717, 1.165) is 15.5 Å². The van der Waals surface area contributed by atoms with Gasteiger partial charge in [0.25, 0.3) is 0 Å². The van der Waals surface area contributed by atoms with E-state index >= 15 is 0 Å². The Labute approximate surface area is 129 Å². The molecule has 1 atom stereocenters. The molecule has 1 aromatic carbocycles. The van der Waals surface area contributed by atoms with Gasteiger partial charge in [-0.05, 0) is 49.4 Å². The summed E-state index contributed by atoms with van der Waals surface area (Å²) in [6.07, 6.45) is 0. The molecule has 1 aromatic heterocycles. The molecule has 1 N–H and O–H groups in total. The number of hydrogen-bond acceptors (Lipinski definition) is 2. The predicted octanol–water partition coefficient (Wildman–Crippen LogP) is 5.28. The first-order valence-electron chi connectivity index (χ1n) is 5.86. The Balaban J connectivity index is 2.44. The zero-order valence-corrected chi connectivity index (χ0v) is 14.3. The van der Waals surface area contributed by atoms with Crippen molar-refractivity contribution in [1.82, 2.24) is 5.32 Å². The van der Waals surface area contributed by atoms with Crippen LogP contribution in [0.15, 0.2) is 39.3 Å². The van der Waals surface area contributed by atoms with Gasteiger partial charge >= 0.3 is 0 Å². The maximum Gasteiger partial charge on any atom is 0.0682 e. The van der Waals surface area contributed by atoms with Crippen LogP contribution in [0.4, 0.5) is 0 Å². The molecule has 96 valence electrons. The molecule has 0 saturated heterocycles. The van der Waals surface area contributed by atoms with Crippen LogP contribution in [0.2, 0.25) is 0 Å². The van der Waals surface area contributed by atoms with Crippen molar-refractivity contribution in [3.63, 3.8) is 0 Å². The van der Waals surface area contributed by atoms with E-state index in [1.54, 1.807) is 0 Å². The topological polar surface area (TPSA) is 12.0 Å². The predicted molar refractivity (Wildman–Crippen MR) is 86.4 cm³/mol. The van der Waals surface area contributed by atoms with E-state index in [4.69, 9.17) is 0 Å². The van der Waals surface area contributed by atoms with Crippen LogP contribution in [-0.4, -0.2) is 6.54 Å². The highest BCUT2D eigenvalue weighted by Crippen LogP contribution is 2.34. The highest BCUT2D eigenvalue weighted by molar-refractivity contribution is 9.11. The molecule has 18 heavy (non-hydrogen) atoms. The van der Waals surface area contributed by atoms with Crippen molar-refractivity contribution in [2.75, 3.05) is 6.54 Å². The normalized spacial score (nSPS) is 12.7. The molecule has 0 fully saturated rings. The molecule has 2 rings (SSSR count). The number of rotatable bonds is 4. The maximum atomic E-state index is 3.65. The molecular weight excluding hydrogens is 374 g/mol. The van der Waals surface area contributed by atoms with E-state index in [2.05, 4.69) is 81.4 Å². The van der Waals surface area contributed by atoms with E-state index in [1.165, 1.54) is 15.3 Å². The van der Waals surface area contributed by atoms with E-state index < -0.39 is 0 Å². The van der Waals surface area contributed by atoms with Crippen LogP contribution in [-0.2, 0) is 0 Å². The van der Waals surface area contributed by atoms with Gasteiger partial charge in [0.1, 0.15) is 0 Å². The molecule has 0 amide bonds. The van der Waals surface area contributed by atoms with Crippen LogP contribution in [0.1, 0.15) is 28.3 Å². The SMILES string of the molecule is CCNC(c1ccc(C)s1)c1cc(Br)ccc1Br. The van der Waals surface area contributed by atoms with E-state index in [0.29, 0.717) is 0 Å². The summed E-state index contributed by atoms with van der Waals surface area (Å²) in [5, 5.41) is 3.56. The Morgan fingerprint density at radius 3 is 2.61 bits per heavy atom. The standard InChI is InChI=1S/C14H15Br2NS/c1-3-17-14(13-7-4-9(2)18-13)11-8-10(15)5-6-12(11)16/h4-8,14,17H,3H2,1-2H3. The van der Waals surface area contributed by atoms with Gasteiger partial charge in [0.15, 0.2) is 0 Å². The Morgan fingerprint density at radius 2 is 2.00 bits per heavy atom. The number of nitrogens with one attached hydrogen (secondary N) is 1. The van der Waals surface area contributed by atoms with Crippen molar-refractivity contribution < 1.29 is 0 Å². The van der Waals surface area contributed by atoms with Crippen LogP contribution in [0.3, 0.4) is 0 Å². The monoisotopic (exact) mass is 387 g/mol. The summed E-state index contributed by atoms with van der Waals surface area (Å²) in [5.41, 5.74) is 1.27. The number of hydrogen-bond donors (Lipinski definition) is 1. The van der Waals surface area contributed by atoms with E-state index in [-0.39, 0.29) is 6.04 Å². The fourth-order valence-corrected chi connectivity index (χ4v) is 3.74. The van der Waals surface area contributed by atoms with Gasteiger partial charge in [-0.15, -0.1) is 11.3 Å². The molecule has 2 aromatic rings. The third-order valence-corrected chi connectivity index (χ3v) is 5.00. The van der Waals surface area contributed by atoms with Gasteiger partial charge < -0.3 is 5.32 Å². The number of aryl methyl sites for hydroxylation is 1. The van der Waals surface area contributed by atoms with Crippen LogP contribution in [0.25, 0.3) is 0 Å². The quantitative estimate of drug-likeness (QED) is 0.751. The van der Waals surface area contributed by atoms with E-state index in [9.17, 15) is 0 Å². The Kier molecular flexibility index (Phi) is 5.01. The van der Waals surface area contributed by atoms with Crippen molar-refractivity contribution in [3.05, 3.63) is 54.6 Å². The lowest BCUT2D eigenvalue weighted by molar-refractivity contribution is 0.637. The van der Waals surface area contributed by atoms with Gasteiger partial charge in [-0.1, -0.05) is 38.8 Å². The summed E-state index contributed by atoms with van der Waals surface area (Å²) in [7, 11) is 0. The Bertz CT molecular complexity index is 536. The average Bonchev–Trinajstić information content (AvgIpc) is 2.76. The van der Waals surface area contributed by atoms with Crippen molar-refractivity contribution in [2.24, 2.45) is 0 Å². The molecule has 0 aliphatic heterocycles. The number of benzene rings is 1. The van der Waals surface area contributed by atoms with Gasteiger partial charge in [-0.2, -0.15) is 0 Å². The van der Waals surface area contributed by atoms with Crippen LogP contribution >= 0.6 is 43.2 Å². The van der Waals surface area contributed by atoms with Crippen LogP contribution < -0.4 is 5.32 Å². The minimum Gasteiger partial charge on any atom is -0.306 e. The zero-order valence-electron chi connectivity index (χ0n) is 10.3. The van der Waals surface area contributed by atoms with Crippen molar-refractivity contribution in [2.45, 2.75) is 19.9 Å². The van der Waals surface area contributed by atoms with Gasteiger partial charge in [0.2, 0.25) is 0 Å². The molecule has 0 bridgehead atoms. The number of thiophene rings is 1. The second-order valence-corrected chi connectivity index (χ2v) is 7.19. The average molecular weight is 389 g/mol. The molecule has 1 nitrogen and oxygen atoms in total. The van der Waals surface area contributed by atoms with Gasteiger partial charge in [-0.25, -0.2) is 0 Å². The largest absolute Gasteiger partial charge is 0.306 e. The lowest BCUT2D eigenvalue weighted by Crippen LogP contribution is -2.21. The molecule has 0 saturated carbocycles. The molecule has 1 unspecified atom stereocenters. The first kappa shape index (κ1) is 14.3. The molecule has 1 heterocycles. The Morgan fingerprint density at radius 1 is 1.22 bits per heavy atom. The summed E-state index contributed by atoms with van der Waals surface area (Å²) in [6.45, 7) is 5.23. The van der Waals surface area contributed by atoms with Crippen LogP contribution in [0, 0.1) is 6.92 Å².